The van der Waals surface area contributed by atoms with Gasteiger partial charge in [-0.2, -0.15) is 5.10 Å². The molecule has 6 rings (SSSR count). The fourth-order valence-corrected chi connectivity index (χ4v) is 5.35. The first-order valence-electron chi connectivity index (χ1n) is 13.2. The van der Waals surface area contributed by atoms with Crippen LogP contribution in [0, 0.1) is 12.7 Å². The van der Waals surface area contributed by atoms with Crippen molar-refractivity contribution in [2.75, 3.05) is 13.1 Å². The summed E-state index contributed by atoms with van der Waals surface area (Å²) in [5.41, 5.74) is 7.73. The summed E-state index contributed by atoms with van der Waals surface area (Å²) in [4.78, 5) is 0. The molecule has 4 nitrogen and oxygen atoms in total. The second-order valence-corrected chi connectivity index (χ2v) is 9.77. The molecule has 2 aromatic heterocycles. The van der Waals surface area contributed by atoms with Crippen LogP contribution in [0.3, 0.4) is 0 Å². The van der Waals surface area contributed by atoms with Gasteiger partial charge >= 0.3 is 0 Å². The summed E-state index contributed by atoms with van der Waals surface area (Å²) in [6.45, 7) is 6.68. The lowest BCUT2D eigenvalue weighted by Crippen LogP contribution is -2.16. The lowest BCUT2D eigenvalue weighted by atomic mass is 10.0. The minimum atomic E-state index is -0.199. The average molecular weight is 503 g/mol. The summed E-state index contributed by atoms with van der Waals surface area (Å²) in [6.07, 6.45) is 2.78. The quantitative estimate of drug-likeness (QED) is 0.222. The number of benzene rings is 4. The van der Waals surface area contributed by atoms with Crippen molar-refractivity contribution in [1.82, 2.24) is 19.7 Å². The minimum Gasteiger partial charge on any atom is -0.333 e. The van der Waals surface area contributed by atoms with Crippen LogP contribution in [0.4, 0.5) is 4.39 Å². The molecular weight excluding hydrogens is 471 g/mol. The van der Waals surface area contributed by atoms with Crippen molar-refractivity contribution in [3.63, 3.8) is 0 Å². The topological polar surface area (TPSA) is 34.8 Å². The lowest BCUT2D eigenvalue weighted by molar-refractivity contribution is 0.635. The second-order valence-electron chi connectivity index (χ2n) is 9.77. The van der Waals surface area contributed by atoms with E-state index in [1.165, 1.54) is 5.56 Å². The third-order valence-electron chi connectivity index (χ3n) is 7.32. The van der Waals surface area contributed by atoms with Crippen LogP contribution in [-0.2, 0) is 13.0 Å². The summed E-state index contributed by atoms with van der Waals surface area (Å²) in [5.74, 6) is -0.199. The van der Waals surface area contributed by atoms with Gasteiger partial charge in [-0.1, -0.05) is 73.7 Å². The van der Waals surface area contributed by atoms with Crippen LogP contribution in [0.15, 0.2) is 97.2 Å². The second kappa shape index (κ2) is 10.3. The largest absolute Gasteiger partial charge is 0.333 e. The number of rotatable bonds is 8. The molecule has 0 fully saturated rings. The summed E-state index contributed by atoms with van der Waals surface area (Å²) in [6, 6.07) is 30.8. The van der Waals surface area contributed by atoms with E-state index >= 15 is 4.39 Å². The predicted octanol–water partition coefficient (Wildman–Crippen LogP) is 7.30. The molecule has 190 valence electrons. The van der Waals surface area contributed by atoms with Gasteiger partial charge in [0, 0.05) is 22.9 Å². The summed E-state index contributed by atoms with van der Waals surface area (Å²) < 4.78 is 20.6. The first kappa shape index (κ1) is 24.1. The Morgan fingerprint density at radius 2 is 1.53 bits per heavy atom. The molecule has 0 aliphatic rings. The summed E-state index contributed by atoms with van der Waals surface area (Å²) >= 11 is 0. The van der Waals surface area contributed by atoms with Crippen molar-refractivity contribution in [2.24, 2.45) is 0 Å². The number of hydrogen-bond donors (Lipinski definition) is 1. The van der Waals surface area contributed by atoms with E-state index in [2.05, 4.69) is 52.2 Å². The van der Waals surface area contributed by atoms with Gasteiger partial charge in [-0.3, -0.25) is 0 Å². The van der Waals surface area contributed by atoms with Crippen molar-refractivity contribution in [3.8, 4) is 16.9 Å². The van der Waals surface area contributed by atoms with Gasteiger partial charge in [0.15, 0.2) is 5.82 Å². The molecule has 2 heterocycles. The molecule has 0 saturated heterocycles. The molecular formula is C33H31FN4. The molecule has 0 amide bonds. The van der Waals surface area contributed by atoms with Gasteiger partial charge in [0.25, 0.3) is 0 Å². The number of likely N-dealkylation sites (N-methyl/N-ethyl adjacent to an activating group) is 1. The monoisotopic (exact) mass is 502 g/mol. The maximum absolute atomic E-state index is 16.6. The SMILES string of the molecule is CCNCCc1ccc(Cn2c(-c3ccccc3C)c(F)c3c4cnn(-c5ccccc5)c4ccc32)cc1. The number of nitrogens with zero attached hydrogens (tertiary/aromatic N) is 3. The van der Waals surface area contributed by atoms with Gasteiger partial charge in [-0.15, -0.1) is 0 Å². The Balaban J connectivity index is 1.50. The van der Waals surface area contributed by atoms with E-state index < -0.39 is 0 Å². The number of aromatic nitrogens is 3. The van der Waals surface area contributed by atoms with Crippen LogP contribution in [0.25, 0.3) is 38.8 Å². The molecule has 4 aromatic carbocycles. The first-order valence-corrected chi connectivity index (χ1v) is 13.2. The van der Waals surface area contributed by atoms with E-state index in [0.29, 0.717) is 17.6 Å². The molecule has 0 radical (unpaired) electrons. The molecule has 5 heteroatoms. The van der Waals surface area contributed by atoms with Crippen LogP contribution in [-0.4, -0.2) is 27.4 Å². The third-order valence-corrected chi connectivity index (χ3v) is 7.32. The minimum absolute atomic E-state index is 0.199. The highest BCUT2D eigenvalue weighted by molar-refractivity contribution is 6.08. The summed E-state index contributed by atoms with van der Waals surface area (Å²) in [7, 11) is 0. The van der Waals surface area contributed by atoms with E-state index in [9.17, 15) is 0 Å². The molecule has 6 aromatic rings. The maximum Gasteiger partial charge on any atom is 0.157 e. The zero-order chi connectivity index (χ0) is 26.1. The molecule has 1 N–H and O–H groups in total. The van der Waals surface area contributed by atoms with E-state index in [0.717, 1.165) is 58.3 Å². The molecule has 0 bridgehead atoms. The van der Waals surface area contributed by atoms with Gasteiger partial charge in [0.2, 0.25) is 0 Å². The Hall–Kier alpha value is -4.22. The van der Waals surface area contributed by atoms with Gasteiger partial charge in [0.05, 0.1) is 28.6 Å². The number of para-hydroxylation sites is 1. The highest BCUT2D eigenvalue weighted by atomic mass is 19.1. The van der Waals surface area contributed by atoms with E-state index in [-0.39, 0.29) is 5.82 Å². The number of hydrogen-bond acceptors (Lipinski definition) is 2. The molecule has 0 unspecified atom stereocenters. The Bertz CT molecular complexity index is 1710. The van der Waals surface area contributed by atoms with Crippen molar-refractivity contribution in [3.05, 3.63) is 120 Å². The lowest BCUT2D eigenvalue weighted by Gasteiger charge is -2.14. The van der Waals surface area contributed by atoms with Crippen LogP contribution in [0.2, 0.25) is 0 Å². The Morgan fingerprint density at radius 1 is 0.816 bits per heavy atom. The van der Waals surface area contributed by atoms with E-state index in [1.54, 1.807) is 6.20 Å². The van der Waals surface area contributed by atoms with Crippen molar-refractivity contribution in [2.45, 2.75) is 26.8 Å². The molecule has 0 spiro atoms. The molecule has 0 atom stereocenters. The zero-order valence-electron chi connectivity index (χ0n) is 21.8. The normalized spacial score (nSPS) is 11.6. The number of nitrogens with one attached hydrogen (secondary N) is 1. The van der Waals surface area contributed by atoms with Gasteiger partial charge in [-0.25, -0.2) is 9.07 Å². The predicted molar refractivity (Wildman–Crippen MR) is 154 cm³/mol. The maximum atomic E-state index is 16.6. The van der Waals surface area contributed by atoms with E-state index in [1.807, 2.05) is 72.3 Å². The van der Waals surface area contributed by atoms with Crippen LogP contribution < -0.4 is 5.32 Å². The van der Waals surface area contributed by atoms with E-state index in [4.69, 9.17) is 0 Å². The third kappa shape index (κ3) is 4.29. The van der Waals surface area contributed by atoms with Crippen LogP contribution in [0.1, 0.15) is 23.6 Å². The van der Waals surface area contributed by atoms with Crippen LogP contribution in [0.5, 0.6) is 0 Å². The fourth-order valence-electron chi connectivity index (χ4n) is 5.35. The summed E-state index contributed by atoms with van der Waals surface area (Å²) in [5, 5.41) is 9.46. The first-order chi connectivity index (χ1) is 18.7. The highest BCUT2D eigenvalue weighted by Gasteiger charge is 2.23. The van der Waals surface area contributed by atoms with Crippen molar-refractivity contribution < 1.29 is 4.39 Å². The number of fused-ring (bicyclic) bond motifs is 3. The van der Waals surface area contributed by atoms with Crippen LogP contribution >= 0.6 is 0 Å². The highest BCUT2D eigenvalue weighted by Crippen LogP contribution is 2.38. The van der Waals surface area contributed by atoms with Gasteiger partial charge in [0.1, 0.15) is 0 Å². The fraction of sp³-hybridized carbons (Fsp3) is 0.182. The zero-order valence-corrected chi connectivity index (χ0v) is 21.8. The van der Waals surface area contributed by atoms with Crippen molar-refractivity contribution in [1.29, 1.82) is 0 Å². The molecule has 0 saturated carbocycles. The Morgan fingerprint density at radius 3 is 2.29 bits per heavy atom. The number of aryl methyl sites for hydroxylation is 1. The van der Waals surface area contributed by atoms with Crippen molar-refractivity contribution >= 4 is 21.8 Å². The number of halogens is 1. The molecule has 0 aliphatic heterocycles. The average Bonchev–Trinajstić information content (AvgIpc) is 3.50. The standard InChI is InChI=1S/C33H31FN4/c1-3-35-20-19-24-13-15-25(16-14-24)22-37-30-18-17-29-28(21-36-38(29)26-10-5-4-6-11-26)31(30)32(34)33(37)27-12-8-7-9-23(27)2/h4-18,21,35H,3,19-20,22H2,1-2H3. The Kier molecular flexibility index (Phi) is 6.52. The van der Waals surface area contributed by atoms with Gasteiger partial charge in [-0.05, 0) is 67.4 Å². The molecule has 38 heavy (non-hydrogen) atoms. The molecule has 0 aliphatic carbocycles. The van der Waals surface area contributed by atoms with Gasteiger partial charge < -0.3 is 9.88 Å². The smallest absolute Gasteiger partial charge is 0.157 e. The Labute approximate surface area is 222 Å².